The minimum Gasteiger partial charge on any atom is -0.453 e. The van der Waals surface area contributed by atoms with E-state index in [2.05, 4.69) is 0 Å². The molecule has 0 bridgehead atoms. The van der Waals surface area contributed by atoms with Gasteiger partial charge in [0.05, 0.1) is 9.95 Å². The van der Waals surface area contributed by atoms with E-state index in [1.807, 2.05) is 0 Å². The lowest BCUT2D eigenvalue weighted by atomic mass is 10.1. The summed E-state index contributed by atoms with van der Waals surface area (Å²) < 4.78 is 5.31. The molecule has 1 aromatic carbocycles. The summed E-state index contributed by atoms with van der Waals surface area (Å²) in [6, 6.07) is 7.20. The first-order valence-corrected chi connectivity index (χ1v) is 5.42. The van der Waals surface area contributed by atoms with Gasteiger partial charge in [0.25, 0.3) is 5.69 Å². The van der Waals surface area contributed by atoms with Gasteiger partial charge in [-0.25, -0.2) is 0 Å². The number of furan rings is 1. The van der Waals surface area contributed by atoms with Gasteiger partial charge in [-0.2, -0.15) is 0 Å². The predicted octanol–water partition coefficient (Wildman–Crippen LogP) is 3.71. The van der Waals surface area contributed by atoms with Crippen LogP contribution in [0.2, 0.25) is 5.02 Å². The van der Waals surface area contributed by atoms with Gasteiger partial charge in [-0.15, -0.1) is 0 Å². The Hall–Kier alpha value is -2.14. The van der Waals surface area contributed by atoms with Gasteiger partial charge in [0.1, 0.15) is 5.76 Å². The average molecular weight is 266 g/mol. The second kappa shape index (κ2) is 4.62. The van der Waals surface area contributed by atoms with Crippen molar-refractivity contribution in [3.05, 3.63) is 51.2 Å². The number of rotatable bonds is 3. The van der Waals surface area contributed by atoms with Gasteiger partial charge in [-0.05, 0) is 18.2 Å². The van der Waals surface area contributed by atoms with Crippen LogP contribution in [0.25, 0.3) is 11.3 Å². The number of halogens is 1. The van der Waals surface area contributed by atoms with Crippen molar-refractivity contribution in [2.45, 2.75) is 6.92 Å². The number of nitro benzene ring substituents is 1. The smallest absolute Gasteiger partial charge is 0.270 e. The topological polar surface area (TPSA) is 73.3 Å². The van der Waals surface area contributed by atoms with Crippen molar-refractivity contribution in [1.82, 2.24) is 0 Å². The molecule has 0 spiro atoms. The van der Waals surface area contributed by atoms with Gasteiger partial charge in [0.2, 0.25) is 0 Å². The van der Waals surface area contributed by atoms with E-state index in [1.54, 1.807) is 6.07 Å². The third-order valence-electron chi connectivity index (χ3n) is 2.38. The second-order valence-corrected chi connectivity index (χ2v) is 4.05. The molecular formula is C12H8ClNO4. The normalized spacial score (nSPS) is 10.3. The van der Waals surface area contributed by atoms with Crippen LogP contribution < -0.4 is 0 Å². The maximum absolute atomic E-state index is 11.1. The summed E-state index contributed by atoms with van der Waals surface area (Å²) >= 11 is 5.95. The highest BCUT2D eigenvalue weighted by Gasteiger charge is 2.14. The Morgan fingerprint density at radius 3 is 2.56 bits per heavy atom. The van der Waals surface area contributed by atoms with E-state index in [4.69, 9.17) is 16.0 Å². The van der Waals surface area contributed by atoms with Crippen LogP contribution in [0, 0.1) is 10.1 Å². The minimum absolute atomic E-state index is 0.0953. The minimum atomic E-state index is -0.529. The van der Waals surface area contributed by atoms with E-state index < -0.39 is 4.92 Å². The molecule has 0 aliphatic rings. The largest absolute Gasteiger partial charge is 0.453 e. The molecular weight excluding hydrogens is 258 g/mol. The Labute approximate surface area is 107 Å². The molecule has 6 heteroatoms. The van der Waals surface area contributed by atoms with Crippen molar-refractivity contribution in [2.24, 2.45) is 0 Å². The molecule has 0 atom stereocenters. The van der Waals surface area contributed by atoms with E-state index in [0.717, 1.165) is 0 Å². The number of hydrogen-bond donors (Lipinski definition) is 0. The van der Waals surface area contributed by atoms with Crippen LogP contribution in [-0.2, 0) is 0 Å². The van der Waals surface area contributed by atoms with Crippen LogP contribution in [0.1, 0.15) is 17.5 Å². The zero-order valence-corrected chi connectivity index (χ0v) is 10.1. The summed E-state index contributed by atoms with van der Waals surface area (Å²) in [5.41, 5.74) is 0.414. The maximum Gasteiger partial charge on any atom is 0.270 e. The fourth-order valence-electron chi connectivity index (χ4n) is 1.49. The van der Waals surface area contributed by atoms with Gasteiger partial charge in [-0.1, -0.05) is 11.6 Å². The molecule has 0 saturated heterocycles. The molecule has 0 saturated carbocycles. The lowest BCUT2D eigenvalue weighted by molar-refractivity contribution is -0.384. The Kier molecular flexibility index (Phi) is 3.16. The first-order valence-electron chi connectivity index (χ1n) is 5.04. The van der Waals surface area contributed by atoms with Crippen molar-refractivity contribution < 1.29 is 14.1 Å². The molecule has 0 aliphatic heterocycles. The molecule has 0 unspecified atom stereocenters. The third kappa shape index (κ3) is 2.26. The van der Waals surface area contributed by atoms with Gasteiger partial charge in [0.15, 0.2) is 11.5 Å². The number of ketones is 1. The average Bonchev–Trinajstić information content (AvgIpc) is 2.78. The summed E-state index contributed by atoms with van der Waals surface area (Å²) in [5, 5.41) is 10.8. The standard InChI is InChI=1S/C12H8ClNO4/c1-7(15)11-4-5-12(18-11)9-3-2-8(14(16)17)6-10(9)13/h2-6H,1H3. The molecule has 92 valence electrons. The zero-order chi connectivity index (χ0) is 13.3. The Bertz CT molecular complexity index is 633. The first kappa shape index (κ1) is 12.3. The molecule has 2 aromatic rings. The second-order valence-electron chi connectivity index (χ2n) is 3.64. The summed E-state index contributed by atoms with van der Waals surface area (Å²) in [5.74, 6) is 0.429. The van der Waals surface area contributed by atoms with E-state index >= 15 is 0 Å². The highest BCUT2D eigenvalue weighted by molar-refractivity contribution is 6.33. The number of hydrogen-bond acceptors (Lipinski definition) is 4. The monoisotopic (exact) mass is 265 g/mol. The maximum atomic E-state index is 11.1. The number of nitrogens with zero attached hydrogens (tertiary/aromatic N) is 1. The zero-order valence-electron chi connectivity index (χ0n) is 9.34. The van der Waals surface area contributed by atoms with Gasteiger partial charge in [-0.3, -0.25) is 14.9 Å². The molecule has 18 heavy (non-hydrogen) atoms. The van der Waals surface area contributed by atoms with E-state index in [0.29, 0.717) is 11.3 Å². The molecule has 5 nitrogen and oxygen atoms in total. The molecule has 1 heterocycles. The third-order valence-corrected chi connectivity index (χ3v) is 2.69. The van der Waals surface area contributed by atoms with Crippen LogP contribution in [0.5, 0.6) is 0 Å². The summed E-state index contributed by atoms with van der Waals surface area (Å²) in [4.78, 5) is 21.1. The Morgan fingerprint density at radius 2 is 2.06 bits per heavy atom. The molecule has 0 fully saturated rings. The van der Waals surface area contributed by atoms with Crippen molar-refractivity contribution in [1.29, 1.82) is 0 Å². The van der Waals surface area contributed by atoms with Crippen LogP contribution >= 0.6 is 11.6 Å². The molecule has 2 rings (SSSR count). The molecule has 0 aliphatic carbocycles. The molecule has 1 aromatic heterocycles. The summed E-state index contributed by atoms with van der Waals surface area (Å²) in [6.45, 7) is 1.39. The number of benzene rings is 1. The van der Waals surface area contributed by atoms with Crippen LogP contribution in [0.15, 0.2) is 34.7 Å². The lowest BCUT2D eigenvalue weighted by Crippen LogP contribution is -1.88. The quantitative estimate of drug-likeness (QED) is 0.482. The Balaban J connectivity index is 2.44. The predicted molar refractivity (Wildman–Crippen MR) is 65.8 cm³/mol. The number of Topliss-reactive ketones (excluding diaryl/α,β-unsaturated/α-hetero) is 1. The molecule has 0 N–H and O–H groups in total. The van der Waals surface area contributed by atoms with Crippen LogP contribution in [-0.4, -0.2) is 10.7 Å². The van der Waals surface area contributed by atoms with Crippen molar-refractivity contribution in [3.63, 3.8) is 0 Å². The summed E-state index contributed by atoms with van der Waals surface area (Å²) in [6.07, 6.45) is 0. The van der Waals surface area contributed by atoms with Crippen LogP contribution in [0.3, 0.4) is 0 Å². The fourth-order valence-corrected chi connectivity index (χ4v) is 1.76. The first-order chi connectivity index (χ1) is 8.49. The Morgan fingerprint density at radius 1 is 1.33 bits per heavy atom. The van der Waals surface area contributed by atoms with E-state index in [9.17, 15) is 14.9 Å². The molecule has 0 radical (unpaired) electrons. The lowest BCUT2D eigenvalue weighted by Gasteiger charge is -2.00. The van der Waals surface area contributed by atoms with Crippen LogP contribution in [0.4, 0.5) is 5.69 Å². The van der Waals surface area contributed by atoms with Gasteiger partial charge in [0, 0.05) is 24.6 Å². The number of carbonyl (C=O) groups is 1. The van der Waals surface area contributed by atoms with Gasteiger partial charge >= 0.3 is 0 Å². The highest BCUT2D eigenvalue weighted by Crippen LogP contribution is 2.32. The fraction of sp³-hybridized carbons (Fsp3) is 0.0833. The van der Waals surface area contributed by atoms with E-state index in [-0.39, 0.29) is 22.3 Å². The number of carbonyl (C=O) groups excluding carboxylic acids is 1. The number of non-ortho nitro benzene ring substituents is 1. The molecule has 0 amide bonds. The number of nitro groups is 1. The van der Waals surface area contributed by atoms with Crippen molar-refractivity contribution in [2.75, 3.05) is 0 Å². The van der Waals surface area contributed by atoms with E-state index in [1.165, 1.54) is 31.2 Å². The highest BCUT2D eigenvalue weighted by atomic mass is 35.5. The van der Waals surface area contributed by atoms with Crippen molar-refractivity contribution >= 4 is 23.1 Å². The summed E-state index contributed by atoms with van der Waals surface area (Å²) in [7, 11) is 0. The SMILES string of the molecule is CC(=O)c1ccc(-c2ccc([N+](=O)[O-])cc2Cl)o1. The van der Waals surface area contributed by atoms with Crippen molar-refractivity contribution in [3.8, 4) is 11.3 Å². The van der Waals surface area contributed by atoms with Gasteiger partial charge < -0.3 is 4.42 Å².